The molecule has 2 aromatic carbocycles. The summed E-state index contributed by atoms with van der Waals surface area (Å²) in [6, 6.07) is 12.8. The van der Waals surface area contributed by atoms with Crippen LogP contribution >= 0.6 is 0 Å². The summed E-state index contributed by atoms with van der Waals surface area (Å²) in [5.41, 5.74) is 0.968. The Morgan fingerprint density at radius 3 is 2.40 bits per heavy atom. The second kappa shape index (κ2) is 6.68. The Hall–Kier alpha value is -3.28. The first-order valence-corrected chi connectivity index (χ1v) is 7.62. The third-order valence-corrected chi connectivity index (χ3v) is 4.07. The fourth-order valence-corrected chi connectivity index (χ4v) is 2.82. The summed E-state index contributed by atoms with van der Waals surface area (Å²) < 4.78 is 10.6. The number of rotatable bonds is 4. The van der Waals surface area contributed by atoms with Crippen LogP contribution in [0.4, 0.5) is 0 Å². The highest BCUT2D eigenvalue weighted by Crippen LogP contribution is 2.38. The average Bonchev–Trinajstić information content (AvgIpc) is 2.96. The molecule has 1 fully saturated rings. The van der Waals surface area contributed by atoms with Gasteiger partial charge < -0.3 is 19.9 Å². The highest BCUT2D eigenvalue weighted by molar-refractivity contribution is 6.46. The molecule has 1 amide bonds. The highest BCUT2D eigenvalue weighted by atomic mass is 16.5. The maximum atomic E-state index is 12.4. The number of carbonyl (C=O) groups excluding carboxylic acids is 2. The van der Waals surface area contributed by atoms with E-state index in [1.165, 1.54) is 14.2 Å². The first-order chi connectivity index (χ1) is 12.1. The minimum Gasteiger partial charge on any atom is -0.507 e. The Morgan fingerprint density at radius 1 is 1.04 bits per heavy atom. The molecule has 1 aliphatic rings. The van der Waals surface area contributed by atoms with Crippen molar-refractivity contribution >= 4 is 17.4 Å². The fraction of sp³-hybridized carbons (Fsp3) is 0.158. The molecule has 0 unspecified atom stereocenters. The van der Waals surface area contributed by atoms with Crippen LogP contribution in [0.3, 0.4) is 0 Å². The summed E-state index contributed by atoms with van der Waals surface area (Å²) in [6.45, 7) is 0. The summed E-state index contributed by atoms with van der Waals surface area (Å²) >= 11 is 0. The molecule has 128 valence electrons. The Morgan fingerprint density at radius 2 is 1.76 bits per heavy atom. The third-order valence-electron chi connectivity index (χ3n) is 4.07. The summed E-state index contributed by atoms with van der Waals surface area (Å²) in [4.78, 5) is 24.3. The lowest BCUT2D eigenvalue weighted by Crippen LogP contribution is -2.21. The molecule has 0 spiro atoms. The number of hydrogen-bond acceptors (Lipinski definition) is 5. The number of nitrogens with one attached hydrogen (secondary N) is 1. The molecule has 2 N–H and O–H groups in total. The number of ether oxygens (including phenoxy) is 2. The third kappa shape index (κ3) is 2.94. The fourth-order valence-electron chi connectivity index (χ4n) is 2.82. The van der Waals surface area contributed by atoms with E-state index < -0.39 is 17.7 Å². The number of hydrogen-bond donors (Lipinski definition) is 2. The van der Waals surface area contributed by atoms with Gasteiger partial charge in [0.25, 0.3) is 11.7 Å². The number of ketones is 1. The zero-order chi connectivity index (χ0) is 18.0. The van der Waals surface area contributed by atoms with Crippen LogP contribution in [0.25, 0.3) is 5.76 Å². The average molecular weight is 339 g/mol. The number of methoxy groups -OCH3 is 2. The Labute approximate surface area is 144 Å². The van der Waals surface area contributed by atoms with E-state index in [2.05, 4.69) is 5.32 Å². The monoisotopic (exact) mass is 339 g/mol. The molecule has 0 saturated carbocycles. The molecule has 6 heteroatoms. The standard InChI is InChI=1S/C19H17NO5/c1-24-12-8-9-14(25-2)13(10-12)16-15(18(22)19(23)20-16)17(21)11-6-4-3-5-7-11/h3-10,16,21H,1-2H3,(H,20,23)/t16-/m1/s1. The Bertz CT molecular complexity index is 857. The van der Waals surface area contributed by atoms with Crippen molar-refractivity contribution in [1.82, 2.24) is 5.32 Å². The topological polar surface area (TPSA) is 84.9 Å². The second-order valence-electron chi connectivity index (χ2n) is 5.47. The van der Waals surface area contributed by atoms with E-state index in [9.17, 15) is 14.7 Å². The Kier molecular flexibility index (Phi) is 4.43. The van der Waals surface area contributed by atoms with Crippen LogP contribution < -0.4 is 14.8 Å². The van der Waals surface area contributed by atoms with Crippen molar-refractivity contribution in [3.63, 3.8) is 0 Å². The number of aliphatic hydroxyl groups excluding tert-OH is 1. The summed E-state index contributed by atoms with van der Waals surface area (Å²) in [6.07, 6.45) is 0. The van der Waals surface area contributed by atoms with Crippen LogP contribution in [0.15, 0.2) is 54.1 Å². The number of aliphatic hydroxyl groups is 1. The molecule has 0 bridgehead atoms. The normalized spacial score (nSPS) is 18.7. The predicted molar refractivity (Wildman–Crippen MR) is 91.4 cm³/mol. The smallest absolute Gasteiger partial charge is 0.293 e. The van der Waals surface area contributed by atoms with Gasteiger partial charge in [-0.3, -0.25) is 9.59 Å². The molecule has 3 rings (SSSR count). The molecule has 1 aliphatic heterocycles. The van der Waals surface area contributed by atoms with Gasteiger partial charge in [-0.05, 0) is 18.2 Å². The van der Waals surface area contributed by atoms with Gasteiger partial charge in [-0.1, -0.05) is 30.3 Å². The highest BCUT2D eigenvalue weighted by Gasteiger charge is 2.40. The van der Waals surface area contributed by atoms with E-state index in [-0.39, 0.29) is 11.3 Å². The maximum Gasteiger partial charge on any atom is 0.293 e. The van der Waals surface area contributed by atoms with Crippen LogP contribution in [0.1, 0.15) is 17.2 Å². The van der Waals surface area contributed by atoms with E-state index in [4.69, 9.17) is 9.47 Å². The zero-order valence-corrected chi connectivity index (χ0v) is 13.8. The molecular weight excluding hydrogens is 322 g/mol. The minimum absolute atomic E-state index is 0.0113. The molecule has 0 radical (unpaired) electrons. The van der Waals surface area contributed by atoms with E-state index in [1.54, 1.807) is 48.5 Å². The second-order valence-corrected chi connectivity index (χ2v) is 5.47. The molecule has 25 heavy (non-hydrogen) atoms. The maximum absolute atomic E-state index is 12.4. The number of benzene rings is 2. The van der Waals surface area contributed by atoms with Gasteiger partial charge in [0, 0.05) is 11.1 Å². The van der Waals surface area contributed by atoms with E-state index in [0.717, 1.165) is 0 Å². The van der Waals surface area contributed by atoms with Crippen molar-refractivity contribution in [3.8, 4) is 11.5 Å². The van der Waals surface area contributed by atoms with Gasteiger partial charge in [0.2, 0.25) is 0 Å². The van der Waals surface area contributed by atoms with Gasteiger partial charge >= 0.3 is 0 Å². The molecule has 1 atom stereocenters. The van der Waals surface area contributed by atoms with E-state index in [0.29, 0.717) is 22.6 Å². The summed E-state index contributed by atoms with van der Waals surface area (Å²) in [5.74, 6) is -0.760. The Balaban J connectivity index is 2.18. The van der Waals surface area contributed by atoms with Crippen molar-refractivity contribution in [3.05, 3.63) is 65.2 Å². The summed E-state index contributed by atoms with van der Waals surface area (Å²) in [7, 11) is 3.01. The van der Waals surface area contributed by atoms with Gasteiger partial charge in [-0.2, -0.15) is 0 Å². The van der Waals surface area contributed by atoms with E-state index in [1.807, 2.05) is 0 Å². The van der Waals surface area contributed by atoms with Crippen molar-refractivity contribution < 1.29 is 24.2 Å². The molecule has 2 aromatic rings. The molecular formula is C19H17NO5. The van der Waals surface area contributed by atoms with Gasteiger partial charge in [0.05, 0.1) is 25.8 Å². The van der Waals surface area contributed by atoms with Crippen LogP contribution in [0.5, 0.6) is 11.5 Å². The van der Waals surface area contributed by atoms with Crippen LogP contribution in [-0.4, -0.2) is 31.0 Å². The SMILES string of the molecule is COc1ccc(OC)c([C@H]2NC(=O)C(=O)C2=C(O)c2ccccc2)c1. The quantitative estimate of drug-likeness (QED) is 0.508. The number of carbonyl (C=O) groups is 2. The molecule has 1 saturated heterocycles. The van der Waals surface area contributed by atoms with Gasteiger partial charge in [0.15, 0.2) is 0 Å². The molecule has 1 heterocycles. The lowest BCUT2D eigenvalue weighted by Gasteiger charge is -2.17. The lowest BCUT2D eigenvalue weighted by atomic mass is 9.95. The molecule has 0 aromatic heterocycles. The number of Topliss-reactive ketones (excluding diaryl/α,β-unsaturated/α-hetero) is 1. The largest absolute Gasteiger partial charge is 0.507 e. The van der Waals surface area contributed by atoms with Crippen molar-refractivity contribution in [2.24, 2.45) is 0 Å². The lowest BCUT2D eigenvalue weighted by molar-refractivity contribution is -0.133. The van der Waals surface area contributed by atoms with Crippen molar-refractivity contribution in [2.45, 2.75) is 6.04 Å². The minimum atomic E-state index is -0.828. The molecule has 6 nitrogen and oxygen atoms in total. The predicted octanol–water partition coefficient (Wildman–Crippen LogP) is 2.41. The van der Waals surface area contributed by atoms with Crippen molar-refractivity contribution in [2.75, 3.05) is 14.2 Å². The van der Waals surface area contributed by atoms with E-state index >= 15 is 0 Å². The van der Waals surface area contributed by atoms with Crippen LogP contribution in [0, 0.1) is 0 Å². The van der Waals surface area contributed by atoms with Gasteiger partial charge in [0.1, 0.15) is 17.3 Å². The zero-order valence-electron chi connectivity index (χ0n) is 13.8. The first kappa shape index (κ1) is 16.6. The van der Waals surface area contributed by atoms with Crippen LogP contribution in [0.2, 0.25) is 0 Å². The van der Waals surface area contributed by atoms with Gasteiger partial charge in [-0.25, -0.2) is 0 Å². The van der Waals surface area contributed by atoms with Gasteiger partial charge in [-0.15, -0.1) is 0 Å². The van der Waals surface area contributed by atoms with Crippen LogP contribution in [-0.2, 0) is 9.59 Å². The summed E-state index contributed by atoms with van der Waals surface area (Å²) in [5, 5.41) is 13.2. The number of amides is 1. The molecule has 0 aliphatic carbocycles. The van der Waals surface area contributed by atoms with Crippen molar-refractivity contribution in [1.29, 1.82) is 0 Å². The first-order valence-electron chi connectivity index (χ1n) is 7.62.